The molecular formula is C15H14N2OS. The van der Waals surface area contributed by atoms with Crippen LogP contribution in [0.25, 0.3) is 10.6 Å². The lowest BCUT2D eigenvalue weighted by Crippen LogP contribution is -1.88. The third kappa shape index (κ3) is 2.27. The molecule has 3 nitrogen and oxygen atoms in total. The van der Waals surface area contributed by atoms with Gasteiger partial charge in [-0.15, -0.1) is 11.3 Å². The van der Waals surface area contributed by atoms with Gasteiger partial charge in [0, 0.05) is 5.56 Å². The van der Waals surface area contributed by atoms with Crippen LogP contribution in [0.15, 0.2) is 18.2 Å². The van der Waals surface area contributed by atoms with Crippen LogP contribution in [0.3, 0.4) is 0 Å². The summed E-state index contributed by atoms with van der Waals surface area (Å²) in [6.07, 6.45) is 2.39. The Morgan fingerprint density at radius 1 is 1.47 bits per heavy atom. The van der Waals surface area contributed by atoms with Crippen LogP contribution >= 0.6 is 11.3 Å². The van der Waals surface area contributed by atoms with E-state index in [-0.39, 0.29) is 6.61 Å². The Hall–Kier alpha value is -1.70. The van der Waals surface area contributed by atoms with Crippen molar-refractivity contribution in [1.82, 2.24) is 4.98 Å². The van der Waals surface area contributed by atoms with Crippen LogP contribution in [-0.4, -0.2) is 10.1 Å². The van der Waals surface area contributed by atoms with Crippen LogP contribution in [0, 0.1) is 18.3 Å². The highest BCUT2D eigenvalue weighted by Gasteiger charge is 2.26. The summed E-state index contributed by atoms with van der Waals surface area (Å²) in [5, 5.41) is 19.4. The van der Waals surface area contributed by atoms with E-state index in [1.165, 1.54) is 29.7 Å². The number of rotatable bonds is 3. The van der Waals surface area contributed by atoms with Gasteiger partial charge in [0.25, 0.3) is 0 Å². The molecule has 0 amide bonds. The Morgan fingerprint density at radius 3 is 2.84 bits per heavy atom. The Morgan fingerprint density at radius 2 is 2.26 bits per heavy atom. The number of nitriles is 1. The van der Waals surface area contributed by atoms with E-state index in [4.69, 9.17) is 0 Å². The first kappa shape index (κ1) is 12.3. The molecule has 2 aromatic rings. The molecule has 1 N–H and O–H groups in total. The highest BCUT2D eigenvalue weighted by molar-refractivity contribution is 7.15. The molecule has 1 aromatic carbocycles. The number of hydrogen-bond donors (Lipinski definition) is 1. The maximum absolute atomic E-state index is 9.27. The Balaban J connectivity index is 2.03. The summed E-state index contributed by atoms with van der Waals surface area (Å²) in [5.41, 5.74) is 3.77. The minimum Gasteiger partial charge on any atom is -0.391 e. The van der Waals surface area contributed by atoms with Gasteiger partial charge in [-0.1, -0.05) is 12.1 Å². The molecule has 1 saturated carbocycles. The van der Waals surface area contributed by atoms with Crippen molar-refractivity contribution in [2.45, 2.75) is 32.3 Å². The molecule has 19 heavy (non-hydrogen) atoms. The average molecular weight is 270 g/mol. The monoisotopic (exact) mass is 270 g/mol. The van der Waals surface area contributed by atoms with Gasteiger partial charge in [-0.3, -0.25) is 0 Å². The minimum atomic E-state index is 0.0226. The summed E-state index contributed by atoms with van der Waals surface area (Å²) in [7, 11) is 0. The lowest BCUT2D eigenvalue weighted by Gasteiger charge is -2.03. The van der Waals surface area contributed by atoms with E-state index in [0.717, 1.165) is 26.7 Å². The zero-order valence-electron chi connectivity index (χ0n) is 10.7. The third-order valence-electron chi connectivity index (χ3n) is 3.47. The maximum atomic E-state index is 9.27. The predicted octanol–water partition coefficient (Wildman–Crippen LogP) is 3.36. The first-order chi connectivity index (χ1) is 9.22. The van der Waals surface area contributed by atoms with Crippen LogP contribution in [-0.2, 0) is 6.61 Å². The molecular weight excluding hydrogens is 256 g/mol. The van der Waals surface area contributed by atoms with Gasteiger partial charge < -0.3 is 5.11 Å². The van der Waals surface area contributed by atoms with Crippen molar-refractivity contribution in [2.24, 2.45) is 0 Å². The molecule has 0 aliphatic heterocycles. The first-order valence-electron chi connectivity index (χ1n) is 6.34. The number of nitrogens with zero attached hydrogens (tertiary/aromatic N) is 2. The van der Waals surface area contributed by atoms with Crippen molar-refractivity contribution in [3.05, 3.63) is 39.9 Å². The summed E-state index contributed by atoms with van der Waals surface area (Å²) < 4.78 is 0. The summed E-state index contributed by atoms with van der Waals surface area (Å²) in [6, 6.07) is 8.31. The van der Waals surface area contributed by atoms with E-state index in [0.29, 0.717) is 5.92 Å². The maximum Gasteiger partial charge on any atom is 0.123 e. The standard InChI is InChI=1S/C15H14N2OS/c1-9-14(8-18)19-15(17-9)11-4-5-13(10-2-3-10)12(6-11)7-16/h4-6,10,18H,2-3,8H2,1H3. The molecule has 1 fully saturated rings. The van der Waals surface area contributed by atoms with Crippen LogP contribution in [0.1, 0.15) is 40.5 Å². The van der Waals surface area contributed by atoms with Crippen molar-refractivity contribution in [2.75, 3.05) is 0 Å². The predicted molar refractivity (Wildman–Crippen MR) is 74.9 cm³/mol. The molecule has 0 atom stereocenters. The molecule has 1 aliphatic carbocycles. The number of thiazole rings is 1. The highest BCUT2D eigenvalue weighted by Crippen LogP contribution is 2.42. The van der Waals surface area contributed by atoms with Crippen LogP contribution < -0.4 is 0 Å². The zero-order valence-corrected chi connectivity index (χ0v) is 11.5. The van der Waals surface area contributed by atoms with Gasteiger partial charge in [0.2, 0.25) is 0 Å². The molecule has 1 heterocycles. The van der Waals surface area contributed by atoms with E-state index in [1.807, 2.05) is 19.1 Å². The quantitative estimate of drug-likeness (QED) is 0.930. The molecule has 0 unspecified atom stereocenters. The second-order valence-corrected chi connectivity index (χ2v) is 5.96. The second-order valence-electron chi connectivity index (χ2n) is 4.87. The fourth-order valence-corrected chi connectivity index (χ4v) is 3.15. The zero-order chi connectivity index (χ0) is 13.4. The molecule has 3 rings (SSSR count). The van der Waals surface area contributed by atoms with Gasteiger partial charge in [-0.25, -0.2) is 4.98 Å². The van der Waals surface area contributed by atoms with E-state index in [2.05, 4.69) is 17.1 Å². The molecule has 0 saturated heterocycles. The minimum absolute atomic E-state index is 0.0226. The van der Waals surface area contributed by atoms with Crippen LogP contribution in [0.5, 0.6) is 0 Å². The van der Waals surface area contributed by atoms with E-state index in [1.54, 1.807) is 0 Å². The fraction of sp³-hybridized carbons (Fsp3) is 0.333. The van der Waals surface area contributed by atoms with Gasteiger partial charge in [-0.2, -0.15) is 5.26 Å². The first-order valence-corrected chi connectivity index (χ1v) is 7.16. The molecule has 0 bridgehead atoms. The average Bonchev–Trinajstić information content (AvgIpc) is 3.21. The Labute approximate surface area is 116 Å². The second kappa shape index (κ2) is 4.76. The summed E-state index contributed by atoms with van der Waals surface area (Å²) >= 11 is 1.49. The molecule has 0 spiro atoms. The topological polar surface area (TPSA) is 56.9 Å². The van der Waals surface area contributed by atoms with Gasteiger partial charge in [0.1, 0.15) is 5.01 Å². The fourth-order valence-electron chi connectivity index (χ4n) is 2.23. The third-order valence-corrected chi connectivity index (χ3v) is 4.67. The van der Waals surface area contributed by atoms with Crippen molar-refractivity contribution >= 4 is 11.3 Å². The van der Waals surface area contributed by atoms with Gasteiger partial charge in [0.05, 0.1) is 28.8 Å². The number of aliphatic hydroxyl groups excluding tert-OH is 1. The van der Waals surface area contributed by atoms with E-state index < -0.39 is 0 Å². The number of hydrogen-bond acceptors (Lipinski definition) is 4. The molecule has 96 valence electrons. The largest absolute Gasteiger partial charge is 0.391 e. The van der Waals surface area contributed by atoms with Crippen molar-refractivity contribution in [3.8, 4) is 16.6 Å². The van der Waals surface area contributed by atoms with Crippen molar-refractivity contribution in [1.29, 1.82) is 5.26 Å². The summed E-state index contributed by atoms with van der Waals surface area (Å²) in [5.74, 6) is 0.578. The van der Waals surface area contributed by atoms with Gasteiger partial charge >= 0.3 is 0 Å². The SMILES string of the molecule is Cc1nc(-c2ccc(C3CC3)c(C#N)c2)sc1CO. The van der Waals surface area contributed by atoms with Crippen molar-refractivity contribution < 1.29 is 5.11 Å². The highest BCUT2D eigenvalue weighted by atomic mass is 32.1. The van der Waals surface area contributed by atoms with Gasteiger partial charge in [-0.05, 0) is 37.3 Å². The molecule has 1 aromatic heterocycles. The lowest BCUT2D eigenvalue weighted by atomic mass is 10.0. The van der Waals surface area contributed by atoms with Crippen LogP contribution in [0.2, 0.25) is 0 Å². The van der Waals surface area contributed by atoms with Gasteiger partial charge in [0.15, 0.2) is 0 Å². The normalized spacial score (nSPS) is 14.4. The lowest BCUT2D eigenvalue weighted by molar-refractivity contribution is 0.284. The number of benzene rings is 1. The molecule has 1 aliphatic rings. The van der Waals surface area contributed by atoms with E-state index in [9.17, 15) is 10.4 Å². The van der Waals surface area contributed by atoms with Crippen LogP contribution in [0.4, 0.5) is 0 Å². The number of aliphatic hydroxyl groups is 1. The van der Waals surface area contributed by atoms with E-state index >= 15 is 0 Å². The Kier molecular flexibility index (Phi) is 3.09. The summed E-state index contributed by atoms with van der Waals surface area (Å²) in [4.78, 5) is 5.36. The summed E-state index contributed by atoms with van der Waals surface area (Å²) in [6.45, 7) is 1.92. The number of aryl methyl sites for hydroxylation is 1. The molecule has 0 radical (unpaired) electrons. The Bertz CT molecular complexity index is 665. The smallest absolute Gasteiger partial charge is 0.123 e. The molecule has 4 heteroatoms. The van der Waals surface area contributed by atoms with Crippen molar-refractivity contribution in [3.63, 3.8) is 0 Å². The number of aromatic nitrogens is 1.